The molecule has 5 heteroatoms. The smallest absolute Gasteiger partial charge is 0.354 e. The second-order valence-corrected chi connectivity index (χ2v) is 3.59. The minimum absolute atomic E-state index is 0.0291. The lowest BCUT2D eigenvalue weighted by Crippen LogP contribution is -1.99. The van der Waals surface area contributed by atoms with Crippen LogP contribution in [0, 0.1) is 0 Å². The zero-order valence-corrected chi connectivity index (χ0v) is 9.41. The fourth-order valence-electron chi connectivity index (χ4n) is 1.39. The molecule has 2 aromatic rings. The highest BCUT2D eigenvalue weighted by atomic mass is 16.5. The van der Waals surface area contributed by atoms with E-state index < -0.39 is 5.97 Å². The standard InChI is InChI=1S/C13H11NO4/c15-8-9-1-3-10(4-2-9)18-11-5-6-14-12(7-11)13(16)17/h1-7,15H,8H2,(H,16,17). The molecule has 5 nitrogen and oxygen atoms in total. The van der Waals surface area contributed by atoms with Crippen molar-refractivity contribution in [1.82, 2.24) is 4.98 Å². The number of carbonyl (C=O) groups is 1. The summed E-state index contributed by atoms with van der Waals surface area (Å²) in [6.45, 7) is -0.0291. The van der Waals surface area contributed by atoms with Crippen LogP contribution in [-0.2, 0) is 6.61 Å². The summed E-state index contributed by atoms with van der Waals surface area (Å²) in [4.78, 5) is 14.4. The van der Waals surface area contributed by atoms with E-state index in [0.29, 0.717) is 11.5 Å². The Morgan fingerprint density at radius 2 is 1.89 bits per heavy atom. The molecule has 0 amide bonds. The van der Waals surface area contributed by atoms with Gasteiger partial charge in [0, 0.05) is 12.3 Å². The highest BCUT2D eigenvalue weighted by molar-refractivity contribution is 5.85. The largest absolute Gasteiger partial charge is 0.477 e. The molecule has 0 fully saturated rings. The van der Waals surface area contributed by atoms with E-state index in [9.17, 15) is 4.79 Å². The fourth-order valence-corrected chi connectivity index (χ4v) is 1.39. The van der Waals surface area contributed by atoms with Crippen molar-refractivity contribution in [2.45, 2.75) is 6.61 Å². The minimum atomic E-state index is -1.10. The number of aromatic nitrogens is 1. The van der Waals surface area contributed by atoms with Crippen LogP contribution < -0.4 is 4.74 Å². The third-order valence-electron chi connectivity index (χ3n) is 2.29. The second kappa shape index (κ2) is 5.29. The van der Waals surface area contributed by atoms with Gasteiger partial charge < -0.3 is 14.9 Å². The van der Waals surface area contributed by atoms with E-state index in [-0.39, 0.29) is 12.3 Å². The molecule has 1 aromatic carbocycles. The number of hydrogen-bond donors (Lipinski definition) is 2. The lowest BCUT2D eigenvalue weighted by atomic mass is 10.2. The molecule has 0 atom stereocenters. The molecule has 0 radical (unpaired) electrons. The summed E-state index contributed by atoms with van der Waals surface area (Å²) in [6.07, 6.45) is 1.38. The molecule has 0 aliphatic rings. The second-order valence-electron chi connectivity index (χ2n) is 3.59. The lowest BCUT2D eigenvalue weighted by molar-refractivity contribution is 0.0690. The maximum absolute atomic E-state index is 10.7. The average Bonchev–Trinajstić information content (AvgIpc) is 2.40. The zero-order chi connectivity index (χ0) is 13.0. The van der Waals surface area contributed by atoms with Gasteiger partial charge in [0.25, 0.3) is 0 Å². The molecule has 2 N–H and O–H groups in total. The Labute approximate surface area is 103 Å². The number of aliphatic hydroxyl groups is 1. The predicted octanol–water partition coefficient (Wildman–Crippen LogP) is 2.06. The lowest BCUT2D eigenvalue weighted by Gasteiger charge is -2.06. The molecule has 0 saturated carbocycles. The van der Waals surface area contributed by atoms with Crippen molar-refractivity contribution in [3.8, 4) is 11.5 Å². The van der Waals surface area contributed by atoms with Crippen molar-refractivity contribution in [3.63, 3.8) is 0 Å². The fraction of sp³-hybridized carbons (Fsp3) is 0.0769. The first-order valence-electron chi connectivity index (χ1n) is 5.26. The van der Waals surface area contributed by atoms with E-state index >= 15 is 0 Å². The van der Waals surface area contributed by atoms with Gasteiger partial charge in [-0.15, -0.1) is 0 Å². The number of carboxylic acids is 1. The van der Waals surface area contributed by atoms with E-state index in [0.717, 1.165) is 5.56 Å². The van der Waals surface area contributed by atoms with Crippen LogP contribution in [0.15, 0.2) is 42.6 Å². The minimum Gasteiger partial charge on any atom is -0.477 e. The SMILES string of the molecule is O=C(O)c1cc(Oc2ccc(CO)cc2)ccn1. The number of hydrogen-bond acceptors (Lipinski definition) is 4. The van der Waals surface area contributed by atoms with E-state index in [4.69, 9.17) is 14.9 Å². The van der Waals surface area contributed by atoms with Crippen LogP contribution in [0.5, 0.6) is 11.5 Å². The number of ether oxygens (including phenoxy) is 1. The summed E-state index contributed by atoms with van der Waals surface area (Å²) >= 11 is 0. The first-order chi connectivity index (χ1) is 8.69. The van der Waals surface area contributed by atoms with Crippen LogP contribution >= 0.6 is 0 Å². The van der Waals surface area contributed by atoms with Crippen molar-refractivity contribution in [1.29, 1.82) is 0 Å². The maximum atomic E-state index is 10.7. The number of pyridine rings is 1. The van der Waals surface area contributed by atoms with Gasteiger partial charge >= 0.3 is 5.97 Å². The number of carboxylic acid groups (broad SMARTS) is 1. The van der Waals surface area contributed by atoms with Gasteiger partial charge in [-0.05, 0) is 23.8 Å². The number of nitrogens with zero attached hydrogens (tertiary/aromatic N) is 1. The van der Waals surface area contributed by atoms with Crippen molar-refractivity contribution in [3.05, 3.63) is 53.9 Å². The summed E-state index contributed by atoms with van der Waals surface area (Å²) in [6, 6.07) is 9.79. The van der Waals surface area contributed by atoms with Crippen LogP contribution in [0.1, 0.15) is 16.1 Å². The number of aromatic carboxylic acids is 1. The molecule has 0 saturated heterocycles. The Morgan fingerprint density at radius 3 is 2.50 bits per heavy atom. The Morgan fingerprint density at radius 1 is 1.17 bits per heavy atom. The number of rotatable bonds is 4. The third-order valence-corrected chi connectivity index (χ3v) is 2.29. The van der Waals surface area contributed by atoms with Crippen LogP contribution in [0.25, 0.3) is 0 Å². The molecule has 0 unspecified atom stereocenters. The maximum Gasteiger partial charge on any atom is 0.354 e. The molecule has 0 aliphatic carbocycles. The van der Waals surface area contributed by atoms with Crippen molar-refractivity contribution in [2.75, 3.05) is 0 Å². The monoisotopic (exact) mass is 245 g/mol. The van der Waals surface area contributed by atoms with Gasteiger partial charge in [-0.1, -0.05) is 12.1 Å². The summed E-state index contributed by atoms with van der Waals surface area (Å²) in [5.74, 6) is -0.134. The van der Waals surface area contributed by atoms with E-state index in [2.05, 4.69) is 4.98 Å². The van der Waals surface area contributed by atoms with Crippen molar-refractivity contribution in [2.24, 2.45) is 0 Å². The summed E-state index contributed by atoms with van der Waals surface area (Å²) in [5, 5.41) is 17.7. The third kappa shape index (κ3) is 2.83. The van der Waals surface area contributed by atoms with Gasteiger partial charge in [0.1, 0.15) is 11.5 Å². The molecule has 0 spiro atoms. The molecule has 92 valence electrons. The first-order valence-corrected chi connectivity index (χ1v) is 5.26. The first kappa shape index (κ1) is 12.1. The van der Waals surface area contributed by atoms with Gasteiger partial charge in [-0.3, -0.25) is 0 Å². The quantitative estimate of drug-likeness (QED) is 0.861. The molecule has 18 heavy (non-hydrogen) atoms. The predicted molar refractivity (Wildman–Crippen MR) is 63.6 cm³/mol. The zero-order valence-electron chi connectivity index (χ0n) is 9.41. The highest BCUT2D eigenvalue weighted by Crippen LogP contribution is 2.21. The normalized spacial score (nSPS) is 10.1. The van der Waals surface area contributed by atoms with Gasteiger partial charge in [-0.25, -0.2) is 9.78 Å². The van der Waals surface area contributed by atoms with Gasteiger partial charge in [0.05, 0.1) is 6.61 Å². The summed E-state index contributed by atoms with van der Waals surface area (Å²) in [5.41, 5.74) is 0.711. The molecule has 0 aliphatic heterocycles. The van der Waals surface area contributed by atoms with Crippen molar-refractivity contribution < 1.29 is 19.7 Å². The summed E-state index contributed by atoms with van der Waals surface area (Å²) < 4.78 is 5.48. The summed E-state index contributed by atoms with van der Waals surface area (Å²) in [7, 11) is 0. The average molecular weight is 245 g/mol. The number of aliphatic hydroxyl groups excluding tert-OH is 1. The molecular formula is C13H11NO4. The van der Waals surface area contributed by atoms with Gasteiger partial charge in [-0.2, -0.15) is 0 Å². The van der Waals surface area contributed by atoms with Crippen LogP contribution in [0.4, 0.5) is 0 Å². The molecule has 2 rings (SSSR count). The Kier molecular flexibility index (Phi) is 3.54. The van der Waals surface area contributed by atoms with Crippen LogP contribution in [0.3, 0.4) is 0 Å². The van der Waals surface area contributed by atoms with E-state index in [1.807, 2.05) is 0 Å². The van der Waals surface area contributed by atoms with E-state index in [1.165, 1.54) is 12.3 Å². The Hall–Kier alpha value is -2.40. The van der Waals surface area contributed by atoms with Gasteiger partial charge in [0.15, 0.2) is 5.69 Å². The van der Waals surface area contributed by atoms with Crippen LogP contribution in [0.2, 0.25) is 0 Å². The van der Waals surface area contributed by atoms with Crippen molar-refractivity contribution >= 4 is 5.97 Å². The molecule has 1 aromatic heterocycles. The Balaban J connectivity index is 2.17. The topological polar surface area (TPSA) is 79.7 Å². The van der Waals surface area contributed by atoms with E-state index in [1.54, 1.807) is 30.3 Å². The number of benzene rings is 1. The highest BCUT2D eigenvalue weighted by Gasteiger charge is 2.06. The molecule has 0 bridgehead atoms. The Bertz CT molecular complexity index is 551. The molecule has 1 heterocycles. The van der Waals surface area contributed by atoms with Gasteiger partial charge in [0.2, 0.25) is 0 Å². The van der Waals surface area contributed by atoms with Crippen LogP contribution in [-0.4, -0.2) is 21.2 Å². The molecular weight excluding hydrogens is 234 g/mol.